The van der Waals surface area contributed by atoms with Crippen molar-refractivity contribution in [1.82, 2.24) is 0 Å². The SMILES string of the molecule is CCCCCCCCCCCCCCCCCCCCCCCCC(=O)O[C@H](COC(=O)CCCCCCCCCCCCCCCCCC)COP(=O)(O)OC[C@@H](O)COP(=O)(O)OC[C@@H](COC(=O)CCCCCCCCCCCCCC)OC(=O)CCCCCCCCCCCCCCC(C)C. The van der Waals surface area contributed by atoms with Gasteiger partial charge in [-0.1, -0.05) is 413 Å². The van der Waals surface area contributed by atoms with Crippen LogP contribution in [0.25, 0.3) is 0 Å². The first kappa shape index (κ1) is 103. The normalized spacial score (nSPS) is 13.8. The summed E-state index contributed by atoms with van der Waals surface area (Å²) in [5, 5.41) is 10.7. The zero-order valence-electron chi connectivity index (χ0n) is 68.9. The Kier molecular flexibility index (Phi) is 77.3. The lowest BCUT2D eigenvalue weighted by molar-refractivity contribution is -0.161. The maximum Gasteiger partial charge on any atom is 0.472 e. The molecule has 105 heavy (non-hydrogen) atoms. The van der Waals surface area contributed by atoms with Crippen molar-refractivity contribution in [2.24, 2.45) is 5.92 Å². The van der Waals surface area contributed by atoms with Gasteiger partial charge in [0.1, 0.15) is 19.3 Å². The van der Waals surface area contributed by atoms with Gasteiger partial charge in [0.2, 0.25) is 0 Å². The van der Waals surface area contributed by atoms with Gasteiger partial charge in [-0.25, -0.2) is 9.13 Å². The van der Waals surface area contributed by atoms with Gasteiger partial charge < -0.3 is 33.8 Å². The van der Waals surface area contributed by atoms with E-state index in [2.05, 4.69) is 34.6 Å². The van der Waals surface area contributed by atoms with Crippen molar-refractivity contribution in [3.63, 3.8) is 0 Å². The lowest BCUT2D eigenvalue weighted by atomic mass is 10.0. The third kappa shape index (κ3) is 79.9. The molecule has 0 aromatic carbocycles. The van der Waals surface area contributed by atoms with E-state index in [-0.39, 0.29) is 25.7 Å². The molecule has 0 saturated carbocycles. The Morgan fingerprint density at radius 2 is 0.438 bits per heavy atom. The first-order valence-electron chi connectivity index (χ1n) is 44.6. The number of esters is 4. The summed E-state index contributed by atoms with van der Waals surface area (Å²) in [6.07, 6.45) is 72.2. The van der Waals surface area contributed by atoms with E-state index in [9.17, 15) is 43.2 Å². The van der Waals surface area contributed by atoms with E-state index in [1.807, 2.05) is 0 Å². The Morgan fingerprint density at radius 3 is 0.648 bits per heavy atom. The molecule has 0 aliphatic carbocycles. The van der Waals surface area contributed by atoms with E-state index in [0.29, 0.717) is 25.7 Å². The molecule has 0 rings (SSSR count). The second-order valence-corrected chi connectivity index (χ2v) is 34.3. The molecule has 5 atom stereocenters. The van der Waals surface area contributed by atoms with Gasteiger partial charge in [0, 0.05) is 25.7 Å². The maximum absolute atomic E-state index is 13.1. The number of phosphoric acid groups is 2. The number of rotatable bonds is 86. The molecule has 0 saturated heterocycles. The monoisotopic (exact) mass is 1540 g/mol. The molecule has 0 spiro atoms. The highest BCUT2D eigenvalue weighted by Gasteiger charge is 2.30. The highest BCUT2D eigenvalue weighted by molar-refractivity contribution is 7.47. The average Bonchev–Trinajstić information content (AvgIpc) is 0.914. The number of hydrogen-bond donors (Lipinski definition) is 3. The first-order valence-corrected chi connectivity index (χ1v) is 47.6. The van der Waals surface area contributed by atoms with Crippen molar-refractivity contribution in [3.05, 3.63) is 0 Å². The summed E-state index contributed by atoms with van der Waals surface area (Å²) in [5.41, 5.74) is 0. The van der Waals surface area contributed by atoms with Gasteiger partial charge in [-0.3, -0.25) is 37.3 Å². The van der Waals surface area contributed by atoms with Crippen LogP contribution < -0.4 is 0 Å². The van der Waals surface area contributed by atoms with Gasteiger partial charge in [0.05, 0.1) is 26.4 Å². The van der Waals surface area contributed by atoms with Gasteiger partial charge in [0.15, 0.2) is 12.2 Å². The molecule has 0 fully saturated rings. The summed E-state index contributed by atoms with van der Waals surface area (Å²) in [6, 6.07) is 0. The molecular weight excluding hydrogens is 1370 g/mol. The van der Waals surface area contributed by atoms with Gasteiger partial charge in [-0.15, -0.1) is 0 Å². The van der Waals surface area contributed by atoms with E-state index < -0.39 is 97.5 Å². The number of phosphoric ester groups is 2. The summed E-state index contributed by atoms with van der Waals surface area (Å²) in [4.78, 5) is 73.2. The van der Waals surface area contributed by atoms with Crippen LogP contribution in [-0.4, -0.2) is 96.7 Å². The Labute approximate surface area is 645 Å². The summed E-state index contributed by atoms with van der Waals surface area (Å²) in [5.74, 6) is -1.32. The molecule has 3 N–H and O–H groups in total. The van der Waals surface area contributed by atoms with Crippen LogP contribution in [0.4, 0.5) is 0 Å². The summed E-state index contributed by atoms with van der Waals surface area (Å²) >= 11 is 0. The third-order valence-electron chi connectivity index (χ3n) is 20.3. The highest BCUT2D eigenvalue weighted by Crippen LogP contribution is 2.45. The fourth-order valence-electron chi connectivity index (χ4n) is 13.5. The van der Waals surface area contributed by atoms with Crippen molar-refractivity contribution < 1.29 is 80.2 Å². The van der Waals surface area contributed by atoms with Crippen LogP contribution in [0.3, 0.4) is 0 Å². The lowest BCUT2D eigenvalue weighted by Gasteiger charge is -2.21. The van der Waals surface area contributed by atoms with E-state index in [1.54, 1.807) is 0 Å². The van der Waals surface area contributed by atoms with Crippen LogP contribution in [0.1, 0.15) is 465 Å². The molecule has 0 amide bonds. The fourth-order valence-corrected chi connectivity index (χ4v) is 15.1. The van der Waals surface area contributed by atoms with Crippen molar-refractivity contribution >= 4 is 39.5 Å². The standard InChI is InChI=1S/C86H168O17P2/c1-6-9-12-15-18-21-24-27-29-31-32-33-34-35-36-38-40-46-51-56-61-66-71-85(90)102-82(76-97-84(89)70-65-60-55-50-45-39-37-30-28-25-22-19-16-13-10-7-2)78-101-105(94,95)99-74-80(87)73-98-104(92,93)100-77-81(75-96-83(88)69-64-59-54-49-44-26-23-20-17-14-11-8-3)103-86(91)72-67-62-57-52-47-42-41-43-48-53-58-63-68-79(4)5/h79-82,87H,6-78H2,1-5H3,(H,92,93)(H,94,95)/t80-,81+,82+/m0/s1. The third-order valence-corrected chi connectivity index (χ3v) is 22.2. The second-order valence-electron chi connectivity index (χ2n) is 31.4. The van der Waals surface area contributed by atoms with Crippen molar-refractivity contribution in [3.8, 4) is 0 Å². The van der Waals surface area contributed by atoms with Crippen molar-refractivity contribution in [2.75, 3.05) is 39.6 Å². The van der Waals surface area contributed by atoms with Crippen LogP contribution in [-0.2, 0) is 65.4 Å². The Morgan fingerprint density at radius 1 is 0.257 bits per heavy atom. The second kappa shape index (κ2) is 78.7. The largest absolute Gasteiger partial charge is 0.472 e. The molecule has 2 unspecified atom stereocenters. The zero-order chi connectivity index (χ0) is 76.9. The fraction of sp³-hybridized carbons (Fsp3) is 0.953. The minimum absolute atomic E-state index is 0.108. The lowest BCUT2D eigenvalue weighted by Crippen LogP contribution is -2.30. The molecular formula is C86H168O17P2. The number of hydrogen-bond acceptors (Lipinski definition) is 15. The van der Waals surface area contributed by atoms with Gasteiger partial charge >= 0.3 is 39.5 Å². The molecule has 19 heteroatoms. The molecule has 0 radical (unpaired) electrons. The molecule has 0 aromatic heterocycles. The quantitative estimate of drug-likeness (QED) is 0.0222. The van der Waals surface area contributed by atoms with Crippen LogP contribution in [0.15, 0.2) is 0 Å². The van der Waals surface area contributed by atoms with Crippen LogP contribution in [0.2, 0.25) is 0 Å². The van der Waals surface area contributed by atoms with Gasteiger partial charge in [-0.05, 0) is 31.6 Å². The van der Waals surface area contributed by atoms with Gasteiger partial charge in [0.25, 0.3) is 0 Å². The molecule has 0 heterocycles. The molecule has 0 aliphatic rings. The van der Waals surface area contributed by atoms with Crippen LogP contribution in [0, 0.1) is 5.92 Å². The van der Waals surface area contributed by atoms with E-state index in [0.717, 1.165) is 95.8 Å². The molecule has 17 nitrogen and oxygen atoms in total. The molecule has 0 bridgehead atoms. The Hall–Kier alpha value is -1.94. The van der Waals surface area contributed by atoms with Crippen molar-refractivity contribution in [2.45, 2.75) is 483 Å². The predicted molar refractivity (Wildman–Crippen MR) is 432 cm³/mol. The topological polar surface area (TPSA) is 237 Å². The number of unbranched alkanes of at least 4 members (excludes halogenated alkanes) is 58. The van der Waals surface area contributed by atoms with E-state index in [1.165, 1.54) is 289 Å². The summed E-state index contributed by atoms with van der Waals surface area (Å²) in [7, 11) is -9.93. The van der Waals surface area contributed by atoms with E-state index in [4.69, 9.17) is 37.0 Å². The highest BCUT2D eigenvalue weighted by atomic mass is 31.2. The number of carbonyl (C=O) groups excluding carboxylic acids is 4. The van der Waals surface area contributed by atoms with Crippen LogP contribution >= 0.6 is 15.6 Å². The Balaban J connectivity index is 5.23. The number of ether oxygens (including phenoxy) is 4. The summed E-state index contributed by atoms with van der Waals surface area (Å²) in [6.45, 7) is 7.37. The number of carbonyl (C=O) groups is 4. The molecule has 0 aromatic rings. The minimum atomic E-state index is -4.97. The van der Waals surface area contributed by atoms with Gasteiger partial charge in [-0.2, -0.15) is 0 Å². The minimum Gasteiger partial charge on any atom is -0.462 e. The first-order chi connectivity index (χ1) is 51.0. The smallest absolute Gasteiger partial charge is 0.462 e. The molecule has 624 valence electrons. The number of aliphatic hydroxyl groups excluding tert-OH is 1. The predicted octanol–water partition coefficient (Wildman–Crippen LogP) is 26.4. The summed E-state index contributed by atoms with van der Waals surface area (Å²) < 4.78 is 68.9. The maximum atomic E-state index is 13.1. The zero-order valence-corrected chi connectivity index (χ0v) is 70.7. The van der Waals surface area contributed by atoms with Crippen LogP contribution in [0.5, 0.6) is 0 Å². The average molecular weight is 1540 g/mol. The number of aliphatic hydroxyl groups is 1. The van der Waals surface area contributed by atoms with Crippen molar-refractivity contribution in [1.29, 1.82) is 0 Å². The molecule has 0 aliphatic heterocycles. The Bertz CT molecular complexity index is 2000. The van der Waals surface area contributed by atoms with E-state index >= 15 is 0 Å².